The summed E-state index contributed by atoms with van der Waals surface area (Å²) >= 11 is 11.6. The SMILES string of the molecule is CC(C)(C)c1cc(NC(=O)Cc2ccc(NC(=O)c3cc(Cl)nnc3Cl)cc2)no1. The summed E-state index contributed by atoms with van der Waals surface area (Å²) in [5.74, 6) is 0.354. The number of nitrogens with one attached hydrogen (secondary N) is 2. The van der Waals surface area contributed by atoms with Gasteiger partial charge in [-0.2, -0.15) is 0 Å². The molecule has 3 rings (SSSR count). The third kappa shape index (κ3) is 5.55. The molecule has 0 aliphatic heterocycles. The predicted octanol–water partition coefficient (Wildman–Crippen LogP) is 4.50. The van der Waals surface area contributed by atoms with Gasteiger partial charge in [-0.05, 0) is 23.8 Å². The summed E-state index contributed by atoms with van der Waals surface area (Å²) in [5.41, 5.74) is 1.21. The molecule has 30 heavy (non-hydrogen) atoms. The Kier molecular flexibility index (Phi) is 6.38. The van der Waals surface area contributed by atoms with Crippen molar-refractivity contribution in [1.29, 1.82) is 0 Å². The Hall–Kier alpha value is -2.97. The zero-order valence-corrected chi connectivity index (χ0v) is 18.0. The number of amides is 2. The van der Waals surface area contributed by atoms with Crippen molar-refractivity contribution in [2.24, 2.45) is 0 Å². The zero-order valence-electron chi connectivity index (χ0n) is 16.5. The van der Waals surface area contributed by atoms with Crippen LogP contribution in [0.25, 0.3) is 0 Å². The number of aromatic nitrogens is 3. The van der Waals surface area contributed by atoms with Gasteiger partial charge in [-0.15, -0.1) is 10.2 Å². The largest absolute Gasteiger partial charge is 0.359 e. The Labute approximate surface area is 183 Å². The molecule has 2 amide bonds. The van der Waals surface area contributed by atoms with Crippen molar-refractivity contribution in [1.82, 2.24) is 15.4 Å². The molecular formula is C20H19Cl2N5O3. The maximum Gasteiger partial charge on any atom is 0.258 e. The van der Waals surface area contributed by atoms with Gasteiger partial charge < -0.3 is 15.2 Å². The maximum absolute atomic E-state index is 12.3. The third-order valence-electron chi connectivity index (χ3n) is 4.06. The minimum absolute atomic E-state index is 0.0485. The lowest BCUT2D eigenvalue weighted by Gasteiger charge is -2.12. The van der Waals surface area contributed by atoms with E-state index in [1.807, 2.05) is 20.8 Å². The van der Waals surface area contributed by atoms with Gasteiger partial charge in [-0.3, -0.25) is 9.59 Å². The molecular weight excluding hydrogens is 429 g/mol. The molecule has 0 bridgehead atoms. The van der Waals surface area contributed by atoms with E-state index < -0.39 is 5.91 Å². The number of benzene rings is 1. The molecule has 0 atom stereocenters. The summed E-state index contributed by atoms with van der Waals surface area (Å²) in [6, 6.07) is 9.87. The van der Waals surface area contributed by atoms with Crippen molar-refractivity contribution in [3.05, 3.63) is 63.6 Å². The van der Waals surface area contributed by atoms with E-state index in [-0.39, 0.29) is 33.6 Å². The van der Waals surface area contributed by atoms with Crippen LogP contribution in [0.5, 0.6) is 0 Å². The van der Waals surface area contributed by atoms with Gasteiger partial charge >= 0.3 is 0 Å². The third-order valence-corrected chi connectivity index (χ3v) is 4.52. The van der Waals surface area contributed by atoms with Gasteiger partial charge in [0.25, 0.3) is 5.91 Å². The van der Waals surface area contributed by atoms with Crippen molar-refractivity contribution >= 4 is 46.5 Å². The molecule has 2 aromatic heterocycles. The Morgan fingerprint density at radius 3 is 2.37 bits per heavy atom. The fourth-order valence-electron chi connectivity index (χ4n) is 2.48. The topological polar surface area (TPSA) is 110 Å². The van der Waals surface area contributed by atoms with Gasteiger partial charge in [0.2, 0.25) is 5.91 Å². The second-order valence-corrected chi connectivity index (χ2v) is 8.32. The zero-order chi connectivity index (χ0) is 21.9. The molecule has 156 valence electrons. The quantitative estimate of drug-likeness (QED) is 0.595. The highest BCUT2D eigenvalue weighted by Crippen LogP contribution is 2.24. The first kappa shape index (κ1) is 21.7. The van der Waals surface area contributed by atoms with E-state index in [4.69, 9.17) is 27.7 Å². The van der Waals surface area contributed by atoms with Gasteiger partial charge in [0.05, 0.1) is 12.0 Å². The number of carbonyl (C=O) groups excluding carboxylic acids is 2. The number of anilines is 2. The number of halogens is 2. The number of hydrogen-bond donors (Lipinski definition) is 2. The highest BCUT2D eigenvalue weighted by atomic mass is 35.5. The second kappa shape index (κ2) is 8.81. The molecule has 3 aromatic rings. The first-order valence-electron chi connectivity index (χ1n) is 8.98. The summed E-state index contributed by atoms with van der Waals surface area (Å²) < 4.78 is 5.25. The molecule has 0 spiro atoms. The Morgan fingerprint density at radius 2 is 1.73 bits per heavy atom. The number of hydrogen-bond acceptors (Lipinski definition) is 6. The maximum atomic E-state index is 12.3. The van der Waals surface area contributed by atoms with E-state index >= 15 is 0 Å². The van der Waals surface area contributed by atoms with Crippen LogP contribution in [0.15, 0.2) is 40.9 Å². The molecule has 2 heterocycles. The smallest absolute Gasteiger partial charge is 0.258 e. The fraction of sp³-hybridized carbons (Fsp3) is 0.250. The van der Waals surface area contributed by atoms with Crippen LogP contribution in [0, 0.1) is 0 Å². The lowest BCUT2D eigenvalue weighted by molar-refractivity contribution is -0.115. The van der Waals surface area contributed by atoms with Crippen LogP contribution >= 0.6 is 23.2 Å². The normalized spacial score (nSPS) is 11.2. The predicted molar refractivity (Wildman–Crippen MR) is 114 cm³/mol. The average molecular weight is 448 g/mol. The second-order valence-electron chi connectivity index (χ2n) is 7.57. The Balaban J connectivity index is 1.59. The van der Waals surface area contributed by atoms with Gasteiger partial charge in [0.15, 0.2) is 16.1 Å². The number of nitrogens with zero attached hydrogens (tertiary/aromatic N) is 3. The minimum atomic E-state index is -0.469. The summed E-state index contributed by atoms with van der Waals surface area (Å²) in [4.78, 5) is 24.6. The number of carbonyl (C=O) groups is 2. The van der Waals surface area contributed by atoms with Crippen LogP contribution in [-0.2, 0) is 16.6 Å². The van der Waals surface area contributed by atoms with E-state index in [2.05, 4.69) is 26.0 Å². The van der Waals surface area contributed by atoms with Crippen LogP contribution < -0.4 is 10.6 Å². The van der Waals surface area contributed by atoms with E-state index in [1.54, 1.807) is 30.3 Å². The Morgan fingerprint density at radius 1 is 1.03 bits per heavy atom. The molecule has 0 unspecified atom stereocenters. The van der Waals surface area contributed by atoms with Crippen molar-refractivity contribution in [2.45, 2.75) is 32.6 Å². The van der Waals surface area contributed by atoms with Crippen molar-refractivity contribution < 1.29 is 14.1 Å². The van der Waals surface area contributed by atoms with Gasteiger partial charge in [0.1, 0.15) is 5.76 Å². The lowest BCUT2D eigenvalue weighted by Crippen LogP contribution is -2.15. The van der Waals surface area contributed by atoms with E-state index in [0.717, 1.165) is 5.56 Å². The van der Waals surface area contributed by atoms with Crippen LogP contribution in [-0.4, -0.2) is 27.2 Å². The fourth-order valence-corrected chi connectivity index (χ4v) is 2.80. The van der Waals surface area contributed by atoms with Crippen LogP contribution in [0.3, 0.4) is 0 Å². The summed E-state index contributed by atoms with van der Waals surface area (Å²) in [7, 11) is 0. The van der Waals surface area contributed by atoms with Gasteiger partial charge in [-0.25, -0.2) is 0 Å². The first-order valence-corrected chi connectivity index (χ1v) is 9.73. The molecule has 1 aromatic carbocycles. The van der Waals surface area contributed by atoms with E-state index in [0.29, 0.717) is 17.3 Å². The number of rotatable bonds is 5. The molecule has 0 aliphatic rings. The first-order chi connectivity index (χ1) is 14.1. The van der Waals surface area contributed by atoms with Crippen LogP contribution in [0.1, 0.15) is 42.5 Å². The standard InChI is InChI=1S/C20H19Cl2N5O3/c1-20(2,3)14-10-16(27-30-14)24-17(28)8-11-4-6-12(7-5-11)23-19(29)13-9-15(21)25-26-18(13)22/h4-7,9-10H,8H2,1-3H3,(H,23,29)(H,24,27,28). The van der Waals surface area contributed by atoms with E-state index in [1.165, 1.54) is 6.07 Å². The van der Waals surface area contributed by atoms with E-state index in [9.17, 15) is 9.59 Å². The molecule has 0 fully saturated rings. The Bertz CT molecular complexity index is 1070. The monoisotopic (exact) mass is 447 g/mol. The summed E-state index contributed by atoms with van der Waals surface area (Å²) in [6.45, 7) is 5.98. The molecule has 8 nitrogen and oxygen atoms in total. The average Bonchev–Trinajstić information content (AvgIpc) is 3.14. The molecule has 0 radical (unpaired) electrons. The summed E-state index contributed by atoms with van der Waals surface area (Å²) in [5, 5.41) is 16.5. The molecule has 10 heteroatoms. The molecule has 0 saturated heterocycles. The minimum Gasteiger partial charge on any atom is -0.359 e. The highest BCUT2D eigenvalue weighted by molar-refractivity contribution is 6.34. The van der Waals surface area contributed by atoms with Gasteiger partial charge in [0, 0.05) is 17.2 Å². The highest BCUT2D eigenvalue weighted by Gasteiger charge is 2.20. The summed E-state index contributed by atoms with van der Waals surface area (Å²) in [6.07, 6.45) is 0.141. The lowest BCUT2D eigenvalue weighted by atomic mass is 9.93. The molecule has 2 N–H and O–H groups in total. The van der Waals surface area contributed by atoms with Crippen LogP contribution in [0.4, 0.5) is 11.5 Å². The van der Waals surface area contributed by atoms with Crippen molar-refractivity contribution in [2.75, 3.05) is 10.6 Å². The molecule has 0 saturated carbocycles. The van der Waals surface area contributed by atoms with Crippen molar-refractivity contribution in [3.63, 3.8) is 0 Å². The van der Waals surface area contributed by atoms with Crippen LogP contribution in [0.2, 0.25) is 10.3 Å². The van der Waals surface area contributed by atoms with Gasteiger partial charge in [-0.1, -0.05) is 61.3 Å². The molecule has 0 aliphatic carbocycles. The van der Waals surface area contributed by atoms with Crippen molar-refractivity contribution in [3.8, 4) is 0 Å².